The van der Waals surface area contributed by atoms with Gasteiger partial charge >= 0.3 is 0 Å². The lowest BCUT2D eigenvalue weighted by Gasteiger charge is -2.16. The Balaban J connectivity index is 2.71. The molecule has 0 fully saturated rings. The minimum Gasteiger partial charge on any atom is -0.294 e. The van der Waals surface area contributed by atoms with Crippen molar-refractivity contribution >= 4 is 22.0 Å². The van der Waals surface area contributed by atoms with E-state index in [0.29, 0.717) is 11.1 Å². The Labute approximate surface area is 100 Å². The Morgan fingerprint density at radius 3 is 2.65 bits per heavy atom. The topological polar surface area (TPSA) is 60.4 Å². The fourth-order valence-corrected chi connectivity index (χ4v) is 2.68. The monoisotopic (exact) mass is 252 g/mol. The zero-order chi connectivity index (χ0) is 12.6. The van der Waals surface area contributed by atoms with Crippen molar-refractivity contribution in [3.63, 3.8) is 0 Å². The maximum absolute atomic E-state index is 11.9. The van der Waals surface area contributed by atoms with Gasteiger partial charge in [0.05, 0.1) is 7.11 Å². The standard InChI is InChI=1S/C12H12O4S/c1-8-6-7-9-10(12(8)13)4-3-5-11(9)17(14,15)16-2/h3-8H,1-2H3. The molecule has 0 aliphatic heterocycles. The van der Waals surface area contributed by atoms with Gasteiger partial charge in [-0.25, -0.2) is 0 Å². The average Bonchev–Trinajstić information content (AvgIpc) is 2.33. The molecule has 0 heterocycles. The lowest BCUT2D eigenvalue weighted by molar-refractivity contribution is 0.0951. The van der Waals surface area contributed by atoms with E-state index in [1.807, 2.05) is 0 Å². The number of rotatable bonds is 2. The number of allylic oxidation sites excluding steroid dienone is 1. The molecule has 0 spiro atoms. The van der Waals surface area contributed by atoms with Crippen molar-refractivity contribution in [2.75, 3.05) is 7.11 Å². The molecule has 0 aromatic heterocycles. The second kappa shape index (κ2) is 4.09. The molecule has 1 aliphatic rings. The van der Waals surface area contributed by atoms with Gasteiger partial charge in [-0.1, -0.05) is 31.2 Å². The Morgan fingerprint density at radius 2 is 2.00 bits per heavy atom. The van der Waals surface area contributed by atoms with Crippen molar-refractivity contribution in [1.82, 2.24) is 0 Å². The summed E-state index contributed by atoms with van der Waals surface area (Å²) in [7, 11) is -2.68. The lowest BCUT2D eigenvalue weighted by Crippen LogP contribution is -2.16. The third-order valence-electron chi connectivity index (χ3n) is 2.79. The smallest absolute Gasteiger partial charge is 0.294 e. The summed E-state index contributed by atoms with van der Waals surface area (Å²) in [6.07, 6.45) is 3.35. The third-order valence-corrected chi connectivity index (χ3v) is 4.12. The molecule has 17 heavy (non-hydrogen) atoms. The molecule has 0 radical (unpaired) electrons. The average molecular weight is 252 g/mol. The molecular weight excluding hydrogens is 240 g/mol. The van der Waals surface area contributed by atoms with E-state index in [4.69, 9.17) is 0 Å². The number of benzene rings is 1. The molecule has 2 rings (SSSR count). The Morgan fingerprint density at radius 1 is 1.29 bits per heavy atom. The van der Waals surface area contributed by atoms with Crippen molar-refractivity contribution in [3.05, 3.63) is 35.4 Å². The van der Waals surface area contributed by atoms with Gasteiger partial charge in [0.25, 0.3) is 10.1 Å². The predicted molar refractivity (Wildman–Crippen MR) is 63.2 cm³/mol. The molecule has 0 bridgehead atoms. The minimum atomic E-state index is -3.78. The van der Waals surface area contributed by atoms with Gasteiger partial charge in [0.15, 0.2) is 5.78 Å². The summed E-state index contributed by atoms with van der Waals surface area (Å²) in [4.78, 5) is 11.9. The molecule has 1 atom stereocenters. The highest BCUT2D eigenvalue weighted by atomic mass is 32.2. The number of ketones is 1. The van der Waals surface area contributed by atoms with Gasteiger partial charge in [-0.3, -0.25) is 8.98 Å². The van der Waals surface area contributed by atoms with Crippen molar-refractivity contribution in [2.45, 2.75) is 11.8 Å². The van der Waals surface area contributed by atoms with Crippen LogP contribution >= 0.6 is 0 Å². The fraction of sp³-hybridized carbons (Fsp3) is 0.250. The second-order valence-corrected chi connectivity index (χ2v) is 5.53. The van der Waals surface area contributed by atoms with E-state index in [1.165, 1.54) is 6.07 Å². The van der Waals surface area contributed by atoms with Crippen LogP contribution in [0.3, 0.4) is 0 Å². The van der Waals surface area contributed by atoms with Crippen LogP contribution in [0.15, 0.2) is 29.2 Å². The zero-order valence-electron chi connectivity index (χ0n) is 9.51. The van der Waals surface area contributed by atoms with Crippen LogP contribution in [0.5, 0.6) is 0 Å². The summed E-state index contributed by atoms with van der Waals surface area (Å²) >= 11 is 0. The summed E-state index contributed by atoms with van der Waals surface area (Å²) in [5.41, 5.74) is 0.843. The van der Waals surface area contributed by atoms with Crippen LogP contribution in [0.1, 0.15) is 22.8 Å². The van der Waals surface area contributed by atoms with Crippen LogP contribution in [0.25, 0.3) is 6.08 Å². The van der Waals surface area contributed by atoms with E-state index in [-0.39, 0.29) is 16.6 Å². The number of carbonyl (C=O) groups is 1. The first-order valence-electron chi connectivity index (χ1n) is 5.13. The molecule has 1 aromatic carbocycles. The molecule has 1 aromatic rings. The number of fused-ring (bicyclic) bond motifs is 1. The van der Waals surface area contributed by atoms with Crippen molar-refractivity contribution < 1.29 is 17.4 Å². The highest BCUT2D eigenvalue weighted by molar-refractivity contribution is 7.86. The van der Waals surface area contributed by atoms with Crippen LogP contribution in [0, 0.1) is 5.92 Å². The van der Waals surface area contributed by atoms with E-state index in [2.05, 4.69) is 4.18 Å². The summed E-state index contributed by atoms with van der Waals surface area (Å²) in [6.45, 7) is 1.78. The quantitative estimate of drug-likeness (QED) is 0.754. The van der Waals surface area contributed by atoms with Crippen LogP contribution in [-0.2, 0) is 14.3 Å². The first-order chi connectivity index (χ1) is 7.97. The Bertz CT molecular complexity index is 599. The normalized spacial score (nSPS) is 19.2. The van der Waals surface area contributed by atoms with Gasteiger partial charge < -0.3 is 0 Å². The largest absolute Gasteiger partial charge is 0.297 e. The summed E-state index contributed by atoms with van der Waals surface area (Å²) in [6, 6.07) is 4.62. The van der Waals surface area contributed by atoms with Gasteiger partial charge in [0.2, 0.25) is 0 Å². The molecule has 0 saturated heterocycles. The summed E-state index contributed by atoms with van der Waals surface area (Å²) in [5, 5.41) is 0. The van der Waals surface area contributed by atoms with Gasteiger partial charge in [-0.15, -0.1) is 0 Å². The first-order valence-corrected chi connectivity index (χ1v) is 6.54. The molecule has 0 saturated carbocycles. The molecule has 5 heteroatoms. The van der Waals surface area contributed by atoms with Gasteiger partial charge in [0, 0.05) is 17.0 Å². The van der Waals surface area contributed by atoms with E-state index >= 15 is 0 Å². The number of carbonyl (C=O) groups excluding carboxylic acids is 1. The Hall–Kier alpha value is -1.46. The van der Waals surface area contributed by atoms with E-state index < -0.39 is 10.1 Å². The number of hydrogen-bond acceptors (Lipinski definition) is 4. The van der Waals surface area contributed by atoms with E-state index in [1.54, 1.807) is 31.2 Å². The van der Waals surface area contributed by atoms with Crippen LogP contribution in [-0.4, -0.2) is 21.3 Å². The molecule has 0 N–H and O–H groups in total. The predicted octanol–water partition coefficient (Wildman–Crippen LogP) is 1.87. The SMILES string of the molecule is COS(=O)(=O)c1cccc2c1C=CC(C)C2=O. The zero-order valence-corrected chi connectivity index (χ0v) is 10.3. The third kappa shape index (κ3) is 1.92. The van der Waals surface area contributed by atoms with Gasteiger partial charge in [0.1, 0.15) is 4.90 Å². The second-order valence-electron chi connectivity index (χ2n) is 3.85. The fourth-order valence-electron chi connectivity index (χ4n) is 1.81. The van der Waals surface area contributed by atoms with Crippen LogP contribution < -0.4 is 0 Å². The van der Waals surface area contributed by atoms with Crippen LogP contribution in [0.2, 0.25) is 0 Å². The summed E-state index contributed by atoms with van der Waals surface area (Å²) < 4.78 is 27.9. The molecular formula is C12H12O4S. The number of Topliss-reactive ketones (excluding diaryl/α,β-unsaturated/α-hetero) is 1. The molecule has 1 unspecified atom stereocenters. The highest BCUT2D eigenvalue weighted by Gasteiger charge is 2.26. The van der Waals surface area contributed by atoms with Crippen molar-refractivity contribution in [1.29, 1.82) is 0 Å². The Kier molecular flexibility index (Phi) is 2.89. The molecule has 90 valence electrons. The van der Waals surface area contributed by atoms with E-state index in [0.717, 1.165) is 7.11 Å². The van der Waals surface area contributed by atoms with Crippen molar-refractivity contribution in [3.8, 4) is 0 Å². The minimum absolute atomic E-state index is 0.0361. The molecule has 4 nitrogen and oxygen atoms in total. The maximum atomic E-state index is 11.9. The van der Waals surface area contributed by atoms with Gasteiger partial charge in [-0.2, -0.15) is 8.42 Å². The number of hydrogen-bond donors (Lipinski definition) is 0. The lowest BCUT2D eigenvalue weighted by atomic mass is 9.89. The molecule has 0 amide bonds. The first kappa shape index (κ1) is 12.0. The van der Waals surface area contributed by atoms with Gasteiger partial charge in [-0.05, 0) is 6.07 Å². The molecule has 1 aliphatic carbocycles. The van der Waals surface area contributed by atoms with Crippen LogP contribution in [0.4, 0.5) is 0 Å². The van der Waals surface area contributed by atoms with E-state index in [9.17, 15) is 13.2 Å². The maximum Gasteiger partial charge on any atom is 0.297 e. The highest BCUT2D eigenvalue weighted by Crippen LogP contribution is 2.28. The van der Waals surface area contributed by atoms with Crippen molar-refractivity contribution in [2.24, 2.45) is 5.92 Å². The summed E-state index contributed by atoms with van der Waals surface area (Å²) in [5.74, 6) is -0.293.